The molecule has 19 heavy (non-hydrogen) atoms. The number of benzene rings is 1. The monoisotopic (exact) mass is 262 g/mol. The number of hydrogen-bond acceptors (Lipinski definition) is 3. The molecule has 1 N–H and O–H groups in total. The van der Waals surface area contributed by atoms with Crippen LogP contribution in [-0.2, 0) is 6.42 Å². The van der Waals surface area contributed by atoms with Gasteiger partial charge in [-0.3, -0.25) is 4.90 Å². The molecule has 3 heteroatoms. The molecule has 0 saturated carbocycles. The van der Waals surface area contributed by atoms with Crippen molar-refractivity contribution >= 4 is 0 Å². The van der Waals surface area contributed by atoms with E-state index in [2.05, 4.69) is 42.3 Å². The Bertz CT molecular complexity index is 398. The first-order valence-corrected chi connectivity index (χ1v) is 7.37. The summed E-state index contributed by atoms with van der Waals surface area (Å²) in [4.78, 5) is 2.57. The minimum absolute atomic E-state index is 0.483. The summed E-state index contributed by atoms with van der Waals surface area (Å²) in [6, 6.07) is 7.11. The van der Waals surface area contributed by atoms with Gasteiger partial charge in [-0.25, -0.2) is 0 Å². The molecule has 0 spiro atoms. The second-order valence-electron chi connectivity index (χ2n) is 5.24. The fourth-order valence-electron chi connectivity index (χ4n) is 2.80. The summed E-state index contributed by atoms with van der Waals surface area (Å²) in [5.41, 5.74) is 2.71. The lowest BCUT2D eigenvalue weighted by Crippen LogP contribution is -2.30. The van der Waals surface area contributed by atoms with Crippen molar-refractivity contribution in [1.29, 1.82) is 0 Å². The van der Waals surface area contributed by atoms with Crippen LogP contribution in [0.2, 0.25) is 0 Å². The number of rotatable bonds is 4. The van der Waals surface area contributed by atoms with Crippen molar-refractivity contribution in [3.63, 3.8) is 0 Å². The average molecular weight is 262 g/mol. The molecule has 0 aliphatic carbocycles. The van der Waals surface area contributed by atoms with E-state index in [4.69, 9.17) is 4.74 Å². The SMILES string of the molecule is CCc1cc(C(C)N2CCCNCC2)ccc1OC. The molecule has 1 aliphatic heterocycles. The topological polar surface area (TPSA) is 24.5 Å². The highest BCUT2D eigenvalue weighted by atomic mass is 16.5. The zero-order valence-electron chi connectivity index (χ0n) is 12.4. The molecule has 1 saturated heterocycles. The quantitative estimate of drug-likeness (QED) is 0.902. The molecule has 1 atom stereocenters. The molecule has 1 aromatic carbocycles. The third-order valence-electron chi connectivity index (χ3n) is 4.09. The zero-order chi connectivity index (χ0) is 13.7. The first-order chi connectivity index (χ1) is 9.26. The molecule has 1 unspecified atom stereocenters. The van der Waals surface area contributed by atoms with E-state index in [9.17, 15) is 0 Å². The fraction of sp³-hybridized carbons (Fsp3) is 0.625. The Balaban J connectivity index is 2.15. The number of hydrogen-bond donors (Lipinski definition) is 1. The number of methoxy groups -OCH3 is 1. The largest absolute Gasteiger partial charge is 0.496 e. The predicted molar refractivity (Wildman–Crippen MR) is 79.8 cm³/mol. The van der Waals surface area contributed by atoms with E-state index in [0.29, 0.717) is 6.04 Å². The van der Waals surface area contributed by atoms with Crippen LogP contribution in [-0.4, -0.2) is 38.2 Å². The number of nitrogens with one attached hydrogen (secondary N) is 1. The van der Waals surface area contributed by atoms with Gasteiger partial charge in [0.25, 0.3) is 0 Å². The molecule has 1 fully saturated rings. The minimum Gasteiger partial charge on any atom is -0.496 e. The van der Waals surface area contributed by atoms with Gasteiger partial charge < -0.3 is 10.1 Å². The summed E-state index contributed by atoms with van der Waals surface area (Å²) in [5.74, 6) is 1.01. The van der Waals surface area contributed by atoms with Crippen molar-refractivity contribution in [3.8, 4) is 5.75 Å². The zero-order valence-corrected chi connectivity index (χ0v) is 12.4. The van der Waals surface area contributed by atoms with Crippen molar-refractivity contribution in [2.45, 2.75) is 32.7 Å². The molecule has 3 nitrogen and oxygen atoms in total. The highest BCUT2D eigenvalue weighted by molar-refractivity contribution is 5.38. The van der Waals surface area contributed by atoms with E-state index in [1.54, 1.807) is 7.11 Å². The Labute approximate surface area is 116 Å². The van der Waals surface area contributed by atoms with Gasteiger partial charge in [0.05, 0.1) is 7.11 Å². The molecule has 0 aromatic heterocycles. The minimum atomic E-state index is 0.483. The van der Waals surface area contributed by atoms with Crippen LogP contribution in [0.4, 0.5) is 0 Å². The maximum absolute atomic E-state index is 5.41. The van der Waals surface area contributed by atoms with Gasteiger partial charge in [0.2, 0.25) is 0 Å². The number of ether oxygens (including phenoxy) is 1. The van der Waals surface area contributed by atoms with E-state index < -0.39 is 0 Å². The summed E-state index contributed by atoms with van der Waals surface area (Å²) in [5, 5.41) is 3.46. The molecular formula is C16H26N2O. The maximum atomic E-state index is 5.41. The highest BCUT2D eigenvalue weighted by Gasteiger charge is 2.17. The molecule has 2 rings (SSSR count). The summed E-state index contributed by atoms with van der Waals surface area (Å²) in [6.45, 7) is 9.05. The van der Waals surface area contributed by atoms with Gasteiger partial charge in [-0.15, -0.1) is 0 Å². The summed E-state index contributed by atoms with van der Waals surface area (Å²) < 4.78 is 5.41. The van der Waals surface area contributed by atoms with E-state index in [-0.39, 0.29) is 0 Å². The number of nitrogens with zero attached hydrogens (tertiary/aromatic N) is 1. The van der Waals surface area contributed by atoms with Gasteiger partial charge in [0.15, 0.2) is 0 Å². The van der Waals surface area contributed by atoms with Crippen LogP contribution in [0.5, 0.6) is 5.75 Å². The predicted octanol–water partition coefficient (Wildman–Crippen LogP) is 2.61. The van der Waals surface area contributed by atoms with Gasteiger partial charge >= 0.3 is 0 Å². The Hall–Kier alpha value is -1.06. The Kier molecular flexibility index (Phi) is 5.23. The van der Waals surface area contributed by atoms with Crippen molar-refractivity contribution in [3.05, 3.63) is 29.3 Å². The first kappa shape index (κ1) is 14.4. The van der Waals surface area contributed by atoms with Crippen LogP contribution in [0.1, 0.15) is 37.4 Å². The van der Waals surface area contributed by atoms with Gasteiger partial charge in [0, 0.05) is 19.1 Å². The van der Waals surface area contributed by atoms with Crippen molar-refractivity contribution in [2.75, 3.05) is 33.3 Å². The average Bonchev–Trinajstić information content (AvgIpc) is 2.74. The normalized spacial score (nSPS) is 18.9. The molecule has 1 aromatic rings. The molecule has 1 aliphatic rings. The Morgan fingerprint density at radius 3 is 2.89 bits per heavy atom. The first-order valence-electron chi connectivity index (χ1n) is 7.37. The Morgan fingerprint density at radius 2 is 2.16 bits per heavy atom. The molecule has 0 amide bonds. The summed E-state index contributed by atoms with van der Waals surface area (Å²) in [6.07, 6.45) is 2.26. The van der Waals surface area contributed by atoms with Crippen LogP contribution in [0.15, 0.2) is 18.2 Å². The van der Waals surface area contributed by atoms with Gasteiger partial charge in [-0.2, -0.15) is 0 Å². The third kappa shape index (κ3) is 3.48. The molecule has 106 valence electrons. The Morgan fingerprint density at radius 1 is 1.32 bits per heavy atom. The molecule has 1 heterocycles. The van der Waals surface area contributed by atoms with Crippen molar-refractivity contribution < 1.29 is 4.74 Å². The molecule has 0 bridgehead atoms. The highest BCUT2D eigenvalue weighted by Crippen LogP contribution is 2.27. The second-order valence-corrected chi connectivity index (χ2v) is 5.24. The van der Waals surface area contributed by atoms with E-state index in [0.717, 1.165) is 31.8 Å². The maximum Gasteiger partial charge on any atom is 0.122 e. The number of aryl methyl sites for hydroxylation is 1. The van der Waals surface area contributed by atoms with E-state index in [1.165, 1.54) is 24.1 Å². The van der Waals surface area contributed by atoms with Crippen LogP contribution < -0.4 is 10.1 Å². The summed E-state index contributed by atoms with van der Waals surface area (Å²) in [7, 11) is 1.75. The van der Waals surface area contributed by atoms with Crippen molar-refractivity contribution in [2.24, 2.45) is 0 Å². The van der Waals surface area contributed by atoms with Gasteiger partial charge in [0.1, 0.15) is 5.75 Å². The lowest BCUT2D eigenvalue weighted by molar-refractivity contribution is 0.225. The smallest absolute Gasteiger partial charge is 0.122 e. The van der Waals surface area contributed by atoms with Gasteiger partial charge in [-0.1, -0.05) is 19.1 Å². The van der Waals surface area contributed by atoms with E-state index in [1.807, 2.05) is 0 Å². The van der Waals surface area contributed by atoms with Crippen LogP contribution in [0, 0.1) is 0 Å². The van der Waals surface area contributed by atoms with Gasteiger partial charge in [-0.05, 0) is 50.0 Å². The standard InChI is InChI=1S/C16H26N2O/c1-4-14-12-15(6-7-16(14)19-3)13(2)18-10-5-8-17-9-11-18/h6-7,12-13,17H,4-5,8-11H2,1-3H3. The fourth-order valence-corrected chi connectivity index (χ4v) is 2.80. The lowest BCUT2D eigenvalue weighted by Gasteiger charge is -2.28. The molecular weight excluding hydrogens is 236 g/mol. The van der Waals surface area contributed by atoms with Crippen molar-refractivity contribution in [1.82, 2.24) is 10.2 Å². The second kappa shape index (κ2) is 6.92. The lowest BCUT2D eigenvalue weighted by atomic mass is 10.0. The van der Waals surface area contributed by atoms with Crippen LogP contribution in [0.3, 0.4) is 0 Å². The van der Waals surface area contributed by atoms with Crippen LogP contribution >= 0.6 is 0 Å². The third-order valence-corrected chi connectivity index (χ3v) is 4.09. The van der Waals surface area contributed by atoms with E-state index >= 15 is 0 Å². The molecule has 0 radical (unpaired) electrons. The summed E-state index contributed by atoms with van der Waals surface area (Å²) >= 11 is 0. The van der Waals surface area contributed by atoms with Crippen LogP contribution in [0.25, 0.3) is 0 Å².